The molecule has 7 rings (SSSR count). The smallest absolute Gasteiger partial charge is 0.330 e. The van der Waals surface area contributed by atoms with Gasteiger partial charge in [0.15, 0.2) is 12.3 Å². The zero-order chi connectivity index (χ0) is 49.9. The molecule has 2 aromatic rings. The summed E-state index contributed by atoms with van der Waals surface area (Å²) in [5.41, 5.74) is -0.378. The molecule has 0 saturated carbocycles. The molecular formula is C47H59N9O13. The highest BCUT2D eigenvalue weighted by atomic mass is 16.5. The molecule has 8 amide bonds. The van der Waals surface area contributed by atoms with Crippen LogP contribution in [-0.4, -0.2) is 126 Å². The van der Waals surface area contributed by atoms with Gasteiger partial charge in [0.1, 0.15) is 53.6 Å². The Kier molecular flexibility index (Phi) is 14.5. The summed E-state index contributed by atoms with van der Waals surface area (Å²) < 4.78 is 13.6. The molecule has 1 fully saturated rings. The van der Waals surface area contributed by atoms with Crippen molar-refractivity contribution in [2.75, 3.05) is 18.4 Å². The highest BCUT2D eigenvalue weighted by Crippen LogP contribution is 2.59. The number of para-hydroxylation sites is 1. The summed E-state index contributed by atoms with van der Waals surface area (Å²) >= 11 is 0. The molecule has 1 spiro atoms. The second-order valence-electron chi connectivity index (χ2n) is 18.6. The number of amides is 8. The van der Waals surface area contributed by atoms with Crippen molar-refractivity contribution in [3.8, 4) is 11.5 Å². The standard InChI is InChI=1S/C47H59N9O13/c1-6-33(58)52-31-20-47-26-9-8-10-32(69-46(5,7-2)38(44(66)67)56-39(61)23(4)50-35(60)21-49-41(31)63)36(26)55-45(47)68-37-25-15-22(3)16-29(53-42(64)28-11-12-34(59)51-28)43(65)54-30(40(62)48-13-14-57)19-24(17-25)18-27(37)47/h8-10,14,17-18,22-23,28-31,38,45,55H,6-7,11-13,15-16,19-21H2,1-5H3,(H,48,62)(H,49,63)(H,50,60)(H,51,59)(H,52,58)(H,53,64)(H,54,65)(H,56,61)(H,66,67)/t22?,23?,28?,29?,30?,31?,38?,45?,46?,47-/m0/s1. The van der Waals surface area contributed by atoms with E-state index in [1.54, 1.807) is 38.1 Å². The first kappa shape index (κ1) is 49.6. The maximum absolute atomic E-state index is 14.4. The van der Waals surface area contributed by atoms with Crippen molar-refractivity contribution in [1.82, 2.24) is 42.5 Å². The lowest BCUT2D eigenvalue weighted by Crippen LogP contribution is -2.61. The molecule has 0 radical (unpaired) electrons. The lowest BCUT2D eigenvalue weighted by molar-refractivity contribution is -0.148. The van der Waals surface area contributed by atoms with Gasteiger partial charge in [0.05, 0.1) is 24.2 Å². The van der Waals surface area contributed by atoms with Gasteiger partial charge in [0.2, 0.25) is 47.3 Å². The Morgan fingerprint density at radius 2 is 1.62 bits per heavy atom. The second-order valence-corrected chi connectivity index (χ2v) is 18.6. The SMILES string of the molecule is CCC(=O)NC1C[C@@]23c4cccc(c4NC2Oc2c4cc(cc23)CC(C(=O)NCC=O)NC(=O)C(NC(=O)C2CCC(=O)N2)CC(C)C4)OC(C)(CC)C(C(=O)O)NC(=O)C(C)NC(=O)CNC1=O. The number of aldehydes is 1. The van der Waals surface area contributed by atoms with Crippen LogP contribution in [0.15, 0.2) is 30.3 Å². The molecule has 0 aliphatic carbocycles. The first-order chi connectivity index (χ1) is 32.8. The van der Waals surface area contributed by atoms with E-state index < -0.39 is 107 Å². The molecule has 5 heterocycles. The zero-order valence-corrected chi connectivity index (χ0v) is 39.0. The molecule has 22 nitrogen and oxygen atoms in total. The number of carbonyl (C=O) groups excluding carboxylic acids is 9. The summed E-state index contributed by atoms with van der Waals surface area (Å²) in [5.74, 6) is -6.18. The van der Waals surface area contributed by atoms with Crippen LogP contribution in [0, 0.1) is 5.92 Å². The normalized spacial score (nSPS) is 30.0. The number of anilines is 1. The minimum absolute atomic E-state index is 0.00419. The van der Waals surface area contributed by atoms with Gasteiger partial charge in [-0.05, 0) is 74.6 Å². The molecule has 370 valence electrons. The molecule has 10 atom stereocenters. The van der Waals surface area contributed by atoms with Crippen LogP contribution in [0.4, 0.5) is 5.69 Å². The van der Waals surface area contributed by atoms with Crippen molar-refractivity contribution >= 4 is 65.2 Å². The van der Waals surface area contributed by atoms with E-state index in [9.17, 15) is 53.1 Å². The molecular weight excluding hydrogens is 899 g/mol. The Morgan fingerprint density at radius 3 is 2.30 bits per heavy atom. The third-order valence-corrected chi connectivity index (χ3v) is 13.6. The molecule has 6 bridgehead atoms. The summed E-state index contributed by atoms with van der Waals surface area (Å²) in [7, 11) is 0. The Morgan fingerprint density at radius 1 is 0.855 bits per heavy atom. The first-order valence-corrected chi connectivity index (χ1v) is 23.2. The molecule has 1 saturated heterocycles. The summed E-state index contributed by atoms with van der Waals surface area (Å²) in [6, 6.07) is 1.28. The van der Waals surface area contributed by atoms with Gasteiger partial charge in [-0.2, -0.15) is 0 Å². The summed E-state index contributed by atoms with van der Waals surface area (Å²) in [5, 5.41) is 35.1. The number of ether oxygens (including phenoxy) is 2. The van der Waals surface area contributed by atoms with Crippen LogP contribution in [-0.2, 0) is 66.2 Å². The number of carboxylic acid groups (broad SMARTS) is 1. The van der Waals surface area contributed by atoms with Crippen LogP contribution in [0.2, 0.25) is 0 Å². The van der Waals surface area contributed by atoms with E-state index in [2.05, 4.69) is 47.9 Å². The summed E-state index contributed by atoms with van der Waals surface area (Å²) in [4.78, 5) is 132. The van der Waals surface area contributed by atoms with Gasteiger partial charge in [0.25, 0.3) is 0 Å². The van der Waals surface area contributed by atoms with E-state index in [1.165, 1.54) is 13.8 Å². The monoisotopic (exact) mass is 957 g/mol. The van der Waals surface area contributed by atoms with Gasteiger partial charge in [-0.1, -0.05) is 45.0 Å². The third kappa shape index (κ3) is 10.1. The predicted octanol–water partition coefficient (Wildman–Crippen LogP) is -1.16. The number of hydrogen-bond donors (Lipinski definition) is 10. The lowest BCUT2D eigenvalue weighted by Gasteiger charge is -2.36. The van der Waals surface area contributed by atoms with Crippen LogP contribution < -0.4 is 57.3 Å². The van der Waals surface area contributed by atoms with E-state index in [-0.39, 0.29) is 75.5 Å². The molecule has 2 aromatic carbocycles. The predicted molar refractivity (Wildman–Crippen MR) is 243 cm³/mol. The third-order valence-electron chi connectivity index (χ3n) is 13.6. The fourth-order valence-corrected chi connectivity index (χ4v) is 9.85. The first-order valence-electron chi connectivity index (χ1n) is 23.2. The average Bonchev–Trinajstić information content (AvgIpc) is 3.98. The number of carboxylic acids is 1. The Labute approximate surface area is 397 Å². The minimum atomic E-state index is -1.62. The fraction of sp³-hybridized carbons (Fsp3) is 0.532. The summed E-state index contributed by atoms with van der Waals surface area (Å²) in [6.45, 7) is 7.12. The van der Waals surface area contributed by atoms with E-state index in [1.807, 2.05) is 13.0 Å². The van der Waals surface area contributed by atoms with Crippen LogP contribution in [0.25, 0.3) is 0 Å². The van der Waals surface area contributed by atoms with Gasteiger partial charge >= 0.3 is 5.97 Å². The number of fused-ring (bicyclic) bond motifs is 4. The molecule has 5 aliphatic rings. The fourth-order valence-electron chi connectivity index (χ4n) is 9.85. The van der Waals surface area contributed by atoms with E-state index >= 15 is 0 Å². The van der Waals surface area contributed by atoms with Crippen molar-refractivity contribution in [2.45, 2.75) is 139 Å². The molecule has 10 N–H and O–H groups in total. The molecule has 9 unspecified atom stereocenters. The maximum atomic E-state index is 14.4. The van der Waals surface area contributed by atoms with Gasteiger partial charge in [0, 0.05) is 24.8 Å². The molecule has 69 heavy (non-hydrogen) atoms. The average molecular weight is 958 g/mol. The highest BCUT2D eigenvalue weighted by molar-refractivity contribution is 5.96. The van der Waals surface area contributed by atoms with Crippen molar-refractivity contribution in [3.63, 3.8) is 0 Å². The summed E-state index contributed by atoms with van der Waals surface area (Å²) in [6.07, 6.45) is -0.0131. The number of benzene rings is 2. The van der Waals surface area contributed by atoms with E-state index in [0.29, 0.717) is 40.0 Å². The second kappa shape index (κ2) is 20.1. The molecule has 5 aliphatic heterocycles. The van der Waals surface area contributed by atoms with Crippen LogP contribution in [0.3, 0.4) is 0 Å². The van der Waals surface area contributed by atoms with Crippen molar-refractivity contribution in [2.24, 2.45) is 5.92 Å². The van der Waals surface area contributed by atoms with Crippen molar-refractivity contribution in [1.29, 1.82) is 0 Å². The van der Waals surface area contributed by atoms with Crippen LogP contribution >= 0.6 is 0 Å². The Bertz CT molecular complexity index is 2470. The van der Waals surface area contributed by atoms with Crippen LogP contribution in [0.5, 0.6) is 11.5 Å². The van der Waals surface area contributed by atoms with E-state index in [0.717, 1.165) is 0 Å². The van der Waals surface area contributed by atoms with Gasteiger partial charge < -0.3 is 67.2 Å². The molecule has 0 aromatic heterocycles. The Hall–Kier alpha value is -7.26. The lowest BCUT2D eigenvalue weighted by atomic mass is 9.70. The topological polar surface area (TPSA) is 318 Å². The van der Waals surface area contributed by atoms with Crippen LogP contribution in [0.1, 0.15) is 95.4 Å². The number of nitrogens with one attached hydrogen (secondary N) is 9. The van der Waals surface area contributed by atoms with Crippen molar-refractivity contribution in [3.05, 3.63) is 52.6 Å². The van der Waals surface area contributed by atoms with Crippen molar-refractivity contribution < 1.29 is 62.5 Å². The number of carbonyl (C=O) groups is 10. The highest BCUT2D eigenvalue weighted by Gasteiger charge is 2.59. The van der Waals surface area contributed by atoms with Gasteiger partial charge in [-0.15, -0.1) is 0 Å². The Balaban J connectivity index is 1.40. The largest absolute Gasteiger partial charge is 0.483 e. The van der Waals surface area contributed by atoms with Gasteiger partial charge in [-0.3, -0.25) is 38.4 Å². The number of aliphatic carboxylic acids is 1. The number of rotatable bonds is 9. The van der Waals surface area contributed by atoms with E-state index in [4.69, 9.17) is 9.47 Å². The number of hydrogen-bond acceptors (Lipinski definition) is 13. The molecule has 22 heteroatoms. The maximum Gasteiger partial charge on any atom is 0.330 e. The minimum Gasteiger partial charge on any atom is -0.483 e. The quantitative estimate of drug-likeness (QED) is 0.133. The van der Waals surface area contributed by atoms with Gasteiger partial charge in [-0.25, -0.2) is 4.79 Å². The zero-order valence-electron chi connectivity index (χ0n) is 39.0.